The van der Waals surface area contributed by atoms with Gasteiger partial charge in [0.05, 0.1) is 0 Å². The lowest BCUT2D eigenvalue weighted by Gasteiger charge is -2.18. The molecule has 1 aromatic carbocycles. The SMILES string of the molecule is C=CCc1ccccc1OCCNC(C)C(C)C. The molecule has 2 nitrogen and oxygen atoms in total. The van der Waals surface area contributed by atoms with Crippen LogP contribution >= 0.6 is 0 Å². The van der Waals surface area contributed by atoms with E-state index in [-0.39, 0.29) is 0 Å². The molecular weight excluding hydrogens is 222 g/mol. The zero-order valence-corrected chi connectivity index (χ0v) is 11.8. The molecule has 0 aliphatic rings. The molecule has 0 amide bonds. The molecule has 1 rings (SSSR count). The van der Waals surface area contributed by atoms with E-state index < -0.39 is 0 Å². The molecule has 0 saturated carbocycles. The van der Waals surface area contributed by atoms with Crippen molar-refractivity contribution in [3.63, 3.8) is 0 Å². The first-order valence-corrected chi connectivity index (χ1v) is 6.70. The smallest absolute Gasteiger partial charge is 0.122 e. The summed E-state index contributed by atoms with van der Waals surface area (Å²) in [7, 11) is 0. The summed E-state index contributed by atoms with van der Waals surface area (Å²) in [5.41, 5.74) is 1.20. The first-order valence-electron chi connectivity index (χ1n) is 6.70. The van der Waals surface area contributed by atoms with E-state index in [2.05, 4.69) is 38.7 Å². The minimum Gasteiger partial charge on any atom is -0.492 e. The molecular formula is C16H25NO. The zero-order valence-electron chi connectivity index (χ0n) is 11.8. The van der Waals surface area contributed by atoms with Gasteiger partial charge in [-0.1, -0.05) is 38.1 Å². The highest BCUT2D eigenvalue weighted by Gasteiger charge is 2.05. The van der Waals surface area contributed by atoms with E-state index in [0.717, 1.165) is 18.7 Å². The molecule has 0 aliphatic heterocycles. The van der Waals surface area contributed by atoms with Crippen molar-refractivity contribution in [2.24, 2.45) is 5.92 Å². The highest BCUT2D eigenvalue weighted by molar-refractivity contribution is 5.34. The highest BCUT2D eigenvalue weighted by atomic mass is 16.5. The van der Waals surface area contributed by atoms with Crippen LogP contribution in [0.2, 0.25) is 0 Å². The van der Waals surface area contributed by atoms with Crippen LogP contribution in [0.5, 0.6) is 5.75 Å². The number of rotatable bonds is 8. The summed E-state index contributed by atoms with van der Waals surface area (Å²) >= 11 is 0. The van der Waals surface area contributed by atoms with Crippen LogP contribution < -0.4 is 10.1 Å². The Morgan fingerprint density at radius 1 is 1.28 bits per heavy atom. The molecule has 1 atom stereocenters. The molecule has 0 saturated heterocycles. The van der Waals surface area contributed by atoms with E-state index >= 15 is 0 Å². The Kier molecular flexibility index (Phi) is 6.51. The zero-order chi connectivity index (χ0) is 13.4. The number of benzene rings is 1. The van der Waals surface area contributed by atoms with Gasteiger partial charge in [0.2, 0.25) is 0 Å². The summed E-state index contributed by atoms with van der Waals surface area (Å²) in [4.78, 5) is 0. The molecule has 0 fully saturated rings. The van der Waals surface area contributed by atoms with Crippen LogP contribution in [0.1, 0.15) is 26.3 Å². The van der Waals surface area contributed by atoms with Gasteiger partial charge in [-0.15, -0.1) is 6.58 Å². The van der Waals surface area contributed by atoms with Crippen LogP contribution in [-0.2, 0) is 6.42 Å². The number of para-hydroxylation sites is 1. The second-order valence-corrected chi connectivity index (χ2v) is 4.94. The van der Waals surface area contributed by atoms with Gasteiger partial charge in [-0.05, 0) is 30.9 Å². The highest BCUT2D eigenvalue weighted by Crippen LogP contribution is 2.18. The van der Waals surface area contributed by atoms with Crippen LogP contribution in [-0.4, -0.2) is 19.2 Å². The van der Waals surface area contributed by atoms with Crippen LogP contribution in [0.4, 0.5) is 0 Å². The summed E-state index contributed by atoms with van der Waals surface area (Å²) < 4.78 is 5.81. The Labute approximate surface area is 111 Å². The fourth-order valence-corrected chi connectivity index (χ4v) is 1.65. The predicted octanol–water partition coefficient (Wildman–Crippen LogP) is 3.43. The number of nitrogens with one attached hydrogen (secondary N) is 1. The van der Waals surface area contributed by atoms with Gasteiger partial charge < -0.3 is 10.1 Å². The third kappa shape index (κ3) is 4.92. The summed E-state index contributed by atoms with van der Waals surface area (Å²) in [5, 5.41) is 3.46. The van der Waals surface area contributed by atoms with Gasteiger partial charge in [0.1, 0.15) is 12.4 Å². The summed E-state index contributed by atoms with van der Waals surface area (Å²) in [6.45, 7) is 12.0. The van der Waals surface area contributed by atoms with E-state index in [0.29, 0.717) is 18.6 Å². The Morgan fingerprint density at radius 2 is 2.00 bits per heavy atom. The minimum atomic E-state index is 0.525. The van der Waals surface area contributed by atoms with Crippen molar-refractivity contribution in [2.45, 2.75) is 33.2 Å². The summed E-state index contributed by atoms with van der Waals surface area (Å²) in [6, 6.07) is 8.67. The molecule has 100 valence electrons. The molecule has 0 aromatic heterocycles. The molecule has 1 N–H and O–H groups in total. The second kappa shape index (κ2) is 7.93. The molecule has 1 aromatic rings. The molecule has 0 radical (unpaired) electrons. The lowest BCUT2D eigenvalue weighted by Crippen LogP contribution is -2.33. The van der Waals surface area contributed by atoms with Crippen molar-refractivity contribution in [3.05, 3.63) is 42.5 Å². The van der Waals surface area contributed by atoms with Crippen LogP contribution in [0.25, 0.3) is 0 Å². The third-order valence-corrected chi connectivity index (χ3v) is 3.16. The number of allylic oxidation sites excluding steroid dienone is 1. The topological polar surface area (TPSA) is 21.3 Å². The predicted molar refractivity (Wildman–Crippen MR) is 78.1 cm³/mol. The van der Waals surface area contributed by atoms with E-state index in [9.17, 15) is 0 Å². The van der Waals surface area contributed by atoms with E-state index in [1.54, 1.807) is 0 Å². The van der Waals surface area contributed by atoms with Crippen molar-refractivity contribution >= 4 is 0 Å². The molecule has 1 unspecified atom stereocenters. The fourth-order valence-electron chi connectivity index (χ4n) is 1.65. The lowest BCUT2D eigenvalue weighted by molar-refractivity contribution is 0.295. The molecule has 18 heavy (non-hydrogen) atoms. The van der Waals surface area contributed by atoms with Crippen LogP contribution in [0, 0.1) is 5.92 Å². The molecule has 0 aliphatic carbocycles. The van der Waals surface area contributed by atoms with Gasteiger partial charge in [0.15, 0.2) is 0 Å². The number of hydrogen-bond donors (Lipinski definition) is 1. The number of ether oxygens (including phenoxy) is 1. The number of hydrogen-bond acceptors (Lipinski definition) is 2. The van der Waals surface area contributed by atoms with E-state index in [1.165, 1.54) is 5.56 Å². The maximum Gasteiger partial charge on any atom is 0.122 e. The Morgan fingerprint density at radius 3 is 2.67 bits per heavy atom. The first-order chi connectivity index (χ1) is 8.65. The third-order valence-electron chi connectivity index (χ3n) is 3.16. The molecule has 0 heterocycles. The second-order valence-electron chi connectivity index (χ2n) is 4.94. The van der Waals surface area contributed by atoms with Crippen molar-refractivity contribution < 1.29 is 4.74 Å². The monoisotopic (exact) mass is 247 g/mol. The maximum absolute atomic E-state index is 5.81. The van der Waals surface area contributed by atoms with Crippen LogP contribution in [0.15, 0.2) is 36.9 Å². The van der Waals surface area contributed by atoms with Crippen molar-refractivity contribution in [2.75, 3.05) is 13.2 Å². The molecule has 2 heteroatoms. The molecule has 0 spiro atoms. The average molecular weight is 247 g/mol. The largest absolute Gasteiger partial charge is 0.492 e. The Bertz CT molecular complexity index is 360. The van der Waals surface area contributed by atoms with Gasteiger partial charge in [0, 0.05) is 12.6 Å². The van der Waals surface area contributed by atoms with Gasteiger partial charge >= 0.3 is 0 Å². The average Bonchev–Trinajstić information content (AvgIpc) is 2.36. The van der Waals surface area contributed by atoms with Gasteiger partial charge in [0.25, 0.3) is 0 Å². The normalized spacial score (nSPS) is 12.4. The van der Waals surface area contributed by atoms with E-state index in [4.69, 9.17) is 4.74 Å². The fraction of sp³-hybridized carbons (Fsp3) is 0.500. The van der Waals surface area contributed by atoms with E-state index in [1.807, 2.05) is 24.3 Å². The minimum absolute atomic E-state index is 0.525. The van der Waals surface area contributed by atoms with Crippen molar-refractivity contribution in [1.82, 2.24) is 5.32 Å². The quantitative estimate of drug-likeness (QED) is 0.561. The molecule has 0 bridgehead atoms. The maximum atomic E-state index is 5.81. The van der Waals surface area contributed by atoms with Crippen molar-refractivity contribution in [1.29, 1.82) is 0 Å². The first kappa shape index (κ1) is 14.8. The summed E-state index contributed by atoms with van der Waals surface area (Å²) in [6.07, 6.45) is 2.76. The Hall–Kier alpha value is -1.28. The van der Waals surface area contributed by atoms with Crippen LogP contribution in [0.3, 0.4) is 0 Å². The van der Waals surface area contributed by atoms with Gasteiger partial charge in [-0.25, -0.2) is 0 Å². The van der Waals surface area contributed by atoms with Gasteiger partial charge in [-0.3, -0.25) is 0 Å². The standard InChI is InChI=1S/C16H25NO/c1-5-8-15-9-6-7-10-16(15)18-12-11-17-14(4)13(2)3/h5-7,9-10,13-14,17H,1,8,11-12H2,2-4H3. The lowest BCUT2D eigenvalue weighted by atomic mass is 10.1. The summed E-state index contributed by atoms with van der Waals surface area (Å²) in [5.74, 6) is 1.62. The van der Waals surface area contributed by atoms with Gasteiger partial charge in [-0.2, -0.15) is 0 Å². The Balaban J connectivity index is 2.37. The van der Waals surface area contributed by atoms with Crippen molar-refractivity contribution in [3.8, 4) is 5.75 Å².